The van der Waals surface area contributed by atoms with E-state index in [1.54, 1.807) is 23.1 Å². The largest absolute Gasteiger partial charge is 0.371 e. The van der Waals surface area contributed by atoms with E-state index in [0.29, 0.717) is 12.2 Å². The minimum atomic E-state index is -0.460. The Labute approximate surface area is 141 Å². The topological polar surface area (TPSA) is 102 Å². The molecule has 0 spiro atoms. The van der Waals surface area contributed by atoms with Gasteiger partial charge in [-0.25, -0.2) is 0 Å². The molecule has 1 heterocycles. The van der Waals surface area contributed by atoms with Gasteiger partial charge in [0.25, 0.3) is 5.69 Å². The van der Waals surface area contributed by atoms with Crippen molar-refractivity contribution in [2.45, 2.75) is 38.3 Å². The Morgan fingerprint density at radius 3 is 2.83 bits per heavy atom. The Morgan fingerprint density at radius 1 is 1.48 bits per heavy atom. The number of amides is 1. The van der Waals surface area contributed by atoms with Crippen molar-refractivity contribution in [1.29, 1.82) is 0 Å². The zero-order valence-electron chi connectivity index (χ0n) is 13.1. The first-order valence-corrected chi connectivity index (χ1v) is 7.53. The van der Waals surface area contributed by atoms with Crippen LogP contribution in [0.2, 0.25) is 0 Å². The summed E-state index contributed by atoms with van der Waals surface area (Å²) >= 11 is 0. The summed E-state index contributed by atoms with van der Waals surface area (Å²) in [4.78, 5) is 24.7. The average molecular weight is 343 g/mol. The van der Waals surface area contributed by atoms with Crippen molar-refractivity contribution in [3.05, 3.63) is 34.4 Å². The Hall–Kier alpha value is -1.86. The summed E-state index contributed by atoms with van der Waals surface area (Å²) < 4.78 is 0. The number of nitrogens with one attached hydrogen (secondary N) is 1. The molecule has 0 radical (unpaired) electrons. The van der Waals surface area contributed by atoms with Gasteiger partial charge in [0.2, 0.25) is 5.91 Å². The summed E-state index contributed by atoms with van der Waals surface area (Å²) in [6, 6.07) is 6.29. The summed E-state index contributed by atoms with van der Waals surface area (Å²) in [5.41, 5.74) is 6.29. The molecular weight excluding hydrogens is 320 g/mol. The van der Waals surface area contributed by atoms with Gasteiger partial charge in [0.15, 0.2) is 0 Å². The van der Waals surface area contributed by atoms with Crippen molar-refractivity contribution in [2.75, 3.05) is 18.4 Å². The summed E-state index contributed by atoms with van der Waals surface area (Å²) in [5.74, 6) is -0.0693. The molecule has 128 valence electrons. The van der Waals surface area contributed by atoms with Gasteiger partial charge in [-0.1, -0.05) is 12.1 Å². The van der Waals surface area contributed by atoms with Gasteiger partial charge in [-0.15, -0.1) is 12.4 Å². The molecule has 1 aliphatic rings. The van der Waals surface area contributed by atoms with Gasteiger partial charge in [-0.3, -0.25) is 14.9 Å². The molecule has 3 N–H and O–H groups in total. The molecule has 8 heteroatoms. The molecule has 2 rings (SSSR count). The van der Waals surface area contributed by atoms with Gasteiger partial charge in [0, 0.05) is 24.7 Å². The summed E-state index contributed by atoms with van der Waals surface area (Å²) in [5, 5.41) is 13.8. The third kappa shape index (κ3) is 4.80. The maximum Gasteiger partial charge on any atom is 0.292 e. The predicted molar refractivity (Wildman–Crippen MR) is 91.8 cm³/mol. The van der Waals surface area contributed by atoms with Crippen LogP contribution in [0.4, 0.5) is 11.4 Å². The molecular formula is C15H23ClN4O3. The van der Waals surface area contributed by atoms with Crippen LogP contribution < -0.4 is 11.1 Å². The molecule has 0 aromatic heterocycles. The van der Waals surface area contributed by atoms with E-state index in [4.69, 9.17) is 5.73 Å². The molecule has 1 aromatic rings. The van der Waals surface area contributed by atoms with Crippen molar-refractivity contribution in [3.63, 3.8) is 0 Å². The van der Waals surface area contributed by atoms with Crippen molar-refractivity contribution < 1.29 is 9.72 Å². The monoisotopic (exact) mass is 342 g/mol. The van der Waals surface area contributed by atoms with Crippen LogP contribution in [0.5, 0.6) is 0 Å². The number of benzene rings is 1. The van der Waals surface area contributed by atoms with E-state index in [2.05, 4.69) is 5.32 Å². The number of para-hydroxylation sites is 2. The van der Waals surface area contributed by atoms with Gasteiger partial charge in [-0.2, -0.15) is 0 Å². The summed E-state index contributed by atoms with van der Waals surface area (Å²) in [7, 11) is 0. The SMILES string of the molecule is CC(N)C1CCCCN1C(=O)CNc1ccccc1[N+](=O)[O-].Cl. The number of nitrogens with zero attached hydrogens (tertiary/aromatic N) is 2. The van der Waals surface area contributed by atoms with Crippen molar-refractivity contribution in [1.82, 2.24) is 4.90 Å². The van der Waals surface area contributed by atoms with E-state index in [0.717, 1.165) is 19.3 Å². The fourth-order valence-corrected chi connectivity index (χ4v) is 2.87. The number of likely N-dealkylation sites (tertiary alicyclic amines) is 1. The molecule has 1 aliphatic heterocycles. The molecule has 0 aliphatic carbocycles. The van der Waals surface area contributed by atoms with Gasteiger partial charge in [0.05, 0.1) is 11.5 Å². The third-order valence-electron chi connectivity index (χ3n) is 4.01. The standard InChI is InChI=1S/C15H22N4O3.ClH/c1-11(16)13-7-4-5-9-18(13)15(20)10-17-12-6-2-3-8-14(12)19(21)22;/h2-3,6,8,11,13,17H,4-5,7,9-10,16H2,1H3;1H. The minimum absolute atomic E-state index is 0. The molecule has 1 saturated heterocycles. The number of rotatable bonds is 5. The lowest BCUT2D eigenvalue weighted by atomic mass is 9.97. The lowest BCUT2D eigenvalue weighted by molar-refractivity contribution is -0.383. The fraction of sp³-hybridized carbons (Fsp3) is 0.533. The number of nitro benzene ring substituents is 1. The van der Waals surface area contributed by atoms with Crippen LogP contribution in [0.1, 0.15) is 26.2 Å². The van der Waals surface area contributed by atoms with Crippen LogP contribution in [0.25, 0.3) is 0 Å². The van der Waals surface area contributed by atoms with E-state index in [9.17, 15) is 14.9 Å². The smallest absolute Gasteiger partial charge is 0.292 e. The Balaban J connectivity index is 0.00000264. The molecule has 1 amide bonds. The van der Waals surface area contributed by atoms with Gasteiger partial charge < -0.3 is 16.0 Å². The Bertz CT molecular complexity index is 553. The second-order valence-corrected chi connectivity index (χ2v) is 5.64. The van der Waals surface area contributed by atoms with E-state index in [1.165, 1.54) is 6.07 Å². The Morgan fingerprint density at radius 2 is 2.17 bits per heavy atom. The molecule has 0 bridgehead atoms. The Kier molecular flexibility index (Phi) is 7.25. The number of anilines is 1. The van der Waals surface area contributed by atoms with Crippen LogP contribution >= 0.6 is 12.4 Å². The second kappa shape index (κ2) is 8.69. The molecule has 1 aromatic carbocycles. The first-order valence-electron chi connectivity index (χ1n) is 7.53. The first-order chi connectivity index (χ1) is 10.5. The molecule has 2 atom stereocenters. The summed E-state index contributed by atoms with van der Waals surface area (Å²) in [6.07, 6.45) is 2.96. The highest BCUT2D eigenvalue weighted by Crippen LogP contribution is 2.23. The fourth-order valence-electron chi connectivity index (χ4n) is 2.87. The summed E-state index contributed by atoms with van der Waals surface area (Å²) in [6.45, 7) is 2.64. The van der Waals surface area contributed by atoms with E-state index in [1.807, 2.05) is 6.92 Å². The van der Waals surface area contributed by atoms with Crippen LogP contribution in [-0.4, -0.2) is 40.9 Å². The number of piperidine rings is 1. The van der Waals surface area contributed by atoms with Gasteiger partial charge in [0.1, 0.15) is 5.69 Å². The number of halogens is 1. The zero-order chi connectivity index (χ0) is 16.1. The normalized spacial score (nSPS) is 18.7. The van der Waals surface area contributed by atoms with E-state index < -0.39 is 4.92 Å². The lowest BCUT2D eigenvalue weighted by Gasteiger charge is -2.38. The van der Waals surface area contributed by atoms with Crippen LogP contribution in [0.3, 0.4) is 0 Å². The second-order valence-electron chi connectivity index (χ2n) is 5.64. The van der Waals surface area contributed by atoms with Crippen molar-refractivity contribution in [3.8, 4) is 0 Å². The maximum atomic E-state index is 12.4. The number of nitrogens with two attached hydrogens (primary N) is 1. The first kappa shape index (κ1) is 19.2. The molecule has 0 saturated carbocycles. The molecule has 23 heavy (non-hydrogen) atoms. The molecule has 2 unspecified atom stereocenters. The van der Waals surface area contributed by atoms with Crippen LogP contribution in [0, 0.1) is 10.1 Å². The quantitative estimate of drug-likeness (QED) is 0.630. The number of hydrogen-bond acceptors (Lipinski definition) is 5. The third-order valence-corrected chi connectivity index (χ3v) is 4.01. The minimum Gasteiger partial charge on any atom is -0.371 e. The highest BCUT2D eigenvalue weighted by Gasteiger charge is 2.29. The van der Waals surface area contributed by atoms with Crippen molar-refractivity contribution in [2.24, 2.45) is 5.73 Å². The number of hydrogen-bond donors (Lipinski definition) is 2. The highest BCUT2D eigenvalue weighted by molar-refractivity contribution is 5.85. The molecule has 1 fully saturated rings. The highest BCUT2D eigenvalue weighted by atomic mass is 35.5. The van der Waals surface area contributed by atoms with Crippen molar-refractivity contribution >= 4 is 29.7 Å². The van der Waals surface area contributed by atoms with Gasteiger partial charge >= 0.3 is 0 Å². The van der Waals surface area contributed by atoms with E-state index >= 15 is 0 Å². The van der Waals surface area contributed by atoms with Gasteiger partial charge in [-0.05, 0) is 32.3 Å². The van der Waals surface area contributed by atoms with Crippen LogP contribution in [0.15, 0.2) is 24.3 Å². The predicted octanol–water partition coefficient (Wildman–Crippen LogP) is 2.16. The average Bonchev–Trinajstić information content (AvgIpc) is 2.52. The van der Waals surface area contributed by atoms with Crippen LogP contribution in [-0.2, 0) is 4.79 Å². The van der Waals surface area contributed by atoms with E-state index in [-0.39, 0.29) is 42.6 Å². The maximum absolute atomic E-state index is 12.4. The molecule has 7 nitrogen and oxygen atoms in total. The number of nitro groups is 1. The zero-order valence-corrected chi connectivity index (χ0v) is 13.9. The number of carbonyl (C=O) groups is 1. The lowest BCUT2D eigenvalue weighted by Crippen LogP contribution is -2.53. The number of carbonyl (C=O) groups excluding carboxylic acids is 1.